The molecule has 3 heterocycles. The van der Waals surface area contributed by atoms with Crippen LogP contribution in [0.1, 0.15) is 5.56 Å². The lowest BCUT2D eigenvalue weighted by Gasteiger charge is -2.21. The largest absolute Gasteiger partial charge is 0.369 e. The highest BCUT2D eigenvalue weighted by atomic mass is 19.1. The predicted molar refractivity (Wildman–Crippen MR) is 122 cm³/mol. The number of hydrogen-bond donors (Lipinski definition) is 2. The first-order valence-corrected chi connectivity index (χ1v) is 10.5. The number of benzene rings is 2. The van der Waals surface area contributed by atoms with E-state index in [9.17, 15) is 14.0 Å². The summed E-state index contributed by atoms with van der Waals surface area (Å²) < 4.78 is 16.8. The molecule has 0 amide bonds. The molecule has 2 aromatic heterocycles. The third-order valence-electron chi connectivity index (χ3n) is 5.73. The smallest absolute Gasteiger partial charge is 0.273 e. The highest BCUT2D eigenvalue weighted by molar-refractivity contribution is 5.87. The molecule has 33 heavy (non-hydrogen) atoms. The molecule has 5 rings (SSSR count). The fourth-order valence-corrected chi connectivity index (χ4v) is 4.07. The van der Waals surface area contributed by atoms with Crippen LogP contribution in [-0.2, 0) is 17.9 Å². The first-order valence-electron chi connectivity index (χ1n) is 10.5. The molecule has 3 N–H and O–H groups in total. The van der Waals surface area contributed by atoms with Gasteiger partial charge >= 0.3 is 0 Å². The topological polar surface area (TPSA) is 108 Å². The van der Waals surface area contributed by atoms with Gasteiger partial charge in [-0.2, -0.15) is 5.10 Å². The Morgan fingerprint density at radius 3 is 2.73 bits per heavy atom. The Balaban J connectivity index is 1.72. The van der Waals surface area contributed by atoms with E-state index in [0.717, 1.165) is 11.8 Å². The molecule has 0 saturated carbocycles. The predicted octanol–water partition coefficient (Wildman–Crippen LogP) is 2.60. The van der Waals surface area contributed by atoms with Gasteiger partial charge in [0.05, 0.1) is 35.6 Å². The van der Waals surface area contributed by atoms with Crippen LogP contribution in [0.25, 0.3) is 28.2 Å². The number of rotatable bonds is 5. The van der Waals surface area contributed by atoms with Crippen molar-refractivity contribution in [2.24, 2.45) is 11.7 Å². The molecule has 0 radical (unpaired) electrons. The van der Waals surface area contributed by atoms with Gasteiger partial charge in [0.15, 0.2) is 0 Å². The van der Waals surface area contributed by atoms with Crippen molar-refractivity contribution in [3.8, 4) is 28.2 Å². The highest BCUT2D eigenvalue weighted by Gasteiger charge is 2.27. The number of hydrogen-bond acceptors (Lipinski definition) is 6. The number of aromatic nitrogens is 4. The molecule has 2 aromatic carbocycles. The van der Waals surface area contributed by atoms with Gasteiger partial charge in [0.25, 0.3) is 5.56 Å². The number of carbonyl (C=O) groups excluding carboxylic acids is 1. The van der Waals surface area contributed by atoms with Gasteiger partial charge in [-0.25, -0.2) is 14.1 Å². The van der Waals surface area contributed by atoms with E-state index in [1.807, 2.05) is 24.3 Å². The van der Waals surface area contributed by atoms with E-state index in [2.05, 4.69) is 10.3 Å². The fraction of sp³-hybridized carbons (Fsp3) is 0.167. The SMILES string of the molecule is NCc1ccccc1-n1cc(-c2c(-c3ccc(F)cc3)nn3c2NCC(C=O)C3)ncc1=O. The summed E-state index contributed by atoms with van der Waals surface area (Å²) in [6, 6.07) is 13.4. The summed E-state index contributed by atoms with van der Waals surface area (Å²) in [5.74, 6) is 0.121. The molecule has 1 atom stereocenters. The first kappa shape index (κ1) is 20.8. The molecule has 166 valence electrons. The van der Waals surface area contributed by atoms with E-state index in [0.29, 0.717) is 47.1 Å². The average Bonchev–Trinajstić information content (AvgIpc) is 3.23. The second-order valence-electron chi connectivity index (χ2n) is 7.85. The maximum absolute atomic E-state index is 13.6. The Kier molecular flexibility index (Phi) is 5.31. The number of carbonyl (C=O) groups is 1. The van der Waals surface area contributed by atoms with Crippen molar-refractivity contribution < 1.29 is 9.18 Å². The maximum Gasteiger partial charge on any atom is 0.273 e. The Morgan fingerprint density at radius 2 is 1.97 bits per heavy atom. The molecule has 0 bridgehead atoms. The van der Waals surface area contributed by atoms with Crippen LogP contribution in [0.3, 0.4) is 0 Å². The molecule has 1 aliphatic rings. The van der Waals surface area contributed by atoms with Gasteiger partial charge in [-0.1, -0.05) is 18.2 Å². The van der Waals surface area contributed by atoms with Gasteiger partial charge < -0.3 is 15.8 Å². The van der Waals surface area contributed by atoms with E-state index < -0.39 is 0 Å². The van der Waals surface area contributed by atoms with E-state index in [1.54, 1.807) is 23.0 Å². The van der Waals surface area contributed by atoms with Crippen molar-refractivity contribution in [3.63, 3.8) is 0 Å². The lowest BCUT2D eigenvalue weighted by molar-refractivity contribution is -0.111. The van der Waals surface area contributed by atoms with Crippen LogP contribution in [0.5, 0.6) is 0 Å². The molecule has 0 spiro atoms. The fourth-order valence-electron chi connectivity index (χ4n) is 4.07. The monoisotopic (exact) mass is 444 g/mol. The van der Waals surface area contributed by atoms with Crippen molar-refractivity contribution in [3.05, 3.63) is 82.7 Å². The molecule has 9 heteroatoms. The van der Waals surface area contributed by atoms with Crippen LogP contribution >= 0.6 is 0 Å². The van der Waals surface area contributed by atoms with E-state index in [4.69, 9.17) is 10.8 Å². The summed E-state index contributed by atoms with van der Waals surface area (Å²) in [7, 11) is 0. The van der Waals surface area contributed by atoms with Gasteiger partial charge in [0, 0.05) is 24.8 Å². The summed E-state index contributed by atoms with van der Waals surface area (Å²) in [6.45, 7) is 1.15. The quantitative estimate of drug-likeness (QED) is 0.458. The molecule has 0 saturated heterocycles. The Morgan fingerprint density at radius 1 is 1.18 bits per heavy atom. The number of para-hydroxylation sites is 1. The van der Waals surface area contributed by atoms with Crippen molar-refractivity contribution in [1.29, 1.82) is 0 Å². The van der Waals surface area contributed by atoms with E-state index in [-0.39, 0.29) is 23.8 Å². The molecule has 1 unspecified atom stereocenters. The summed E-state index contributed by atoms with van der Waals surface area (Å²) in [5, 5.41) is 7.99. The number of anilines is 1. The Hall–Kier alpha value is -4.11. The maximum atomic E-state index is 13.6. The number of fused-ring (bicyclic) bond motifs is 1. The van der Waals surface area contributed by atoms with Crippen LogP contribution in [0.2, 0.25) is 0 Å². The van der Waals surface area contributed by atoms with E-state index in [1.165, 1.54) is 22.9 Å². The summed E-state index contributed by atoms with van der Waals surface area (Å²) in [4.78, 5) is 28.5. The van der Waals surface area contributed by atoms with Crippen LogP contribution < -0.4 is 16.6 Å². The first-order chi connectivity index (χ1) is 16.1. The van der Waals surface area contributed by atoms with Crippen LogP contribution in [-0.4, -0.2) is 32.2 Å². The second-order valence-corrected chi connectivity index (χ2v) is 7.85. The average molecular weight is 444 g/mol. The van der Waals surface area contributed by atoms with Crippen LogP contribution in [0, 0.1) is 11.7 Å². The lowest BCUT2D eigenvalue weighted by atomic mass is 10.0. The number of nitrogens with two attached hydrogens (primary N) is 1. The number of halogens is 1. The normalized spacial score (nSPS) is 15.0. The molecule has 8 nitrogen and oxygen atoms in total. The zero-order valence-electron chi connectivity index (χ0n) is 17.6. The number of aldehydes is 1. The van der Waals surface area contributed by atoms with E-state index >= 15 is 0 Å². The molecule has 0 fully saturated rings. The van der Waals surface area contributed by atoms with Gasteiger partial charge in [0.2, 0.25) is 0 Å². The lowest BCUT2D eigenvalue weighted by Crippen LogP contribution is -2.29. The zero-order chi connectivity index (χ0) is 22.9. The number of nitrogens with one attached hydrogen (secondary N) is 1. The molecule has 4 aromatic rings. The molecular formula is C24H21FN6O2. The molecule has 0 aliphatic carbocycles. The third-order valence-corrected chi connectivity index (χ3v) is 5.73. The number of nitrogens with zero attached hydrogens (tertiary/aromatic N) is 4. The minimum Gasteiger partial charge on any atom is -0.369 e. The minimum atomic E-state index is -0.353. The minimum absolute atomic E-state index is 0.218. The standard InChI is InChI=1S/C24H21FN6O2/c25-18-7-5-16(6-8-18)23-22(24-28-10-15(14-32)12-31(24)29-23)19-13-30(21(33)11-27-19)20-4-2-1-3-17(20)9-26/h1-8,11,13-15,28H,9-10,12,26H2. The summed E-state index contributed by atoms with van der Waals surface area (Å²) in [6.07, 6.45) is 3.82. The van der Waals surface area contributed by atoms with Gasteiger partial charge in [-0.15, -0.1) is 0 Å². The zero-order valence-corrected chi connectivity index (χ0v) is 17.6. The second kappa shape index (κ2) is 8.44. The molecule has 1 aliphatic heterocycles. The van der Waals surface area contributed by atoms with Crippen molar-refractivity contribution >= 4 is 12.1 Å². The third kappa shape index (κ3) is 3.72. The Bertz CT molecular complexity index is 1390. The Labute approximate surface area is 188 Å². The summed E-state index contributed by atoms with van der Waals surface area (Å²) in [5.41, 5.74) is 9.54. The van der Waals surface area contributed by atoms with Gasteiger partial charge in [0.1, 0.15) is 23.6 Å². The highest BCUT2D eigenvalue weighted by Crippen LogP contribution is 2.38. The van der Waals surface area contributed by atoms with Crippen LogP contribution in [0.15, 0.2) is 65.7 Å². The van der Waals surface area contributed by atoms with Gasteiger partial charge in [-0.05, 0) is 35.9 Å². The van der Waals surface area contributed by atoms with Crippen molar-refractivity contribution in [2.45, 2.75) is 13.1 Å². The van der Waals surface area contributed by atoms with Crippen molar-refractivity contribution in [2.75, 3.05) is 11.9 Å². The molecular weight excluding hydrogens is 423 g/mol. The van der Waals surface area contributed by atoms with Gasteiger partial charge in [-0.3, -0.25) is 9.36 Å². The van der Waals surface area contributed by atoms with Crippen LogP contribution in [0.4, 0.5) is 10.2 Å². The van der Waals surface area contributed by atoms with Crippen molar-refractivity contribution in [1.82, 2.24) is 19.3 Å². The summed E-state index contributed by atoms with van der Waals surface area (Å²) >= 11 is 0.